The van der Waals surface area contributed by atoms with Crippen molar-refractivity contribution in [1.82, 2.24) is 15.0 Å². The van der Waals surface area contributed by atoms with Crippen molar-refractivity contribution in [2.24, 2.45) is 0 Å². The van der Waals surface area contributed by atoms with E-state index in [4.69, 9.17) is 4.43 Å². The first-order chi connectivity index (χ1) is 17.6. The Hall–Kier alpha value is -3.49. The van der Waals surface area contributed by atoms with E-state index in [0.717, 1.165) is 17.4 Å². The molecular formula is C27H31F3N6OSi. The number of benzene rings is 1. The van der Waals surface area contributed by atoms with Gasteiger partial charge in [0.05, 0.1) is 22.6 Å². The monoisotopic (exact) mass is 540 g/mol. The SMILES string of the molecule is CC1(CO[Si](C)(C)C(C)(C)C)CNc2c(C#N)cc(-c3ccnc(Nc4cccnc4C(F)(F)F)n3)cc21. The summed E-state index contributed by atoms with van der Waals surface area (Å²) in [6.45, 7) is 14.2. The standard InChI is InChI=1S/C27H31F3N6OSi/c1-25(2,3)38(5,6)37-16-26(4)15-34-22-18(14-31)12-17(13-19(22)26)20-9-11-33-24(35-20)36-21-8-7-10-32-23(21)27(28,29)30/h7-13,34H,15-16H2,1-6H3,(H,33,35,36). The molecule has 0 saturated heterocycles. The zero-order valence-corrected chi connectivity index (χ0v) is 23.3. The number of alkyl halides is 3. The van der Waals surface area contributed by atoms with Crippen LogP contribution in [0.3, 0.4) is 0 Å². The highest BCUT2D eigenvalue weighted by molar-refractivity contribution is 6.74. The molecule has 0 fully saturated rings. The van der Waals surface area contributed by atoms with Crippen LogP contribution in [0.2, 0.25) is 18.1 Å². The van der Waals surface area contributed by atoms with Gasteiger partial charge in [0, 0.05) is 36.5 Å². The summed E-state index contributed by atoms with van der Waals surface area (Å²) in [5.41, 5.74) is 1.64. The predicted molar refractivity (Wildman–Crippen MR) is 144 cm³/mol. The van der Waals surface area contributed by atoms with Gasteiger partial charge in [-0.05, 0) is 54.0 Å². The number of nitrogens with one attached hydrogen (secondary N) is 2. The molecule has 7 nitrogen and oxygen atoms in total. The lowest BCUT2D eigenvalue weighted by Gasteiger charge is -2.39. The minimum atomic E-state index is -4.63. The Bertz CT molecular complexity index is 1400. The van der Waals surface area contributed by atoms with Crippen LogP contribution < -0.4 is 10.6 Å². The molecule has 1 unspecified atom stereocenters. The summed E-state index contributed by atoms with van der Waals surface area (Å²) in [6.07, 6.45) is -2.09. The first kappa shape index (κ1) is 27.5. The van der Waals surface area contributed by atoms with Crippen LogP contribution in [0.25, 0.3) is 11.3 Å². The molecular weight excluding hydrogens is 509 g/mol. The van der Waals surface area contributed by atoms with Gasteiger partial charge in [0.1, 0.15) is 6.07 Å². The topological polar surface area (TPSA) is 95.8 Å². The molecule has 0 aliphatic carbocycles. The molecule has 1 aromatic carbocycles. The van der Waals surface area contributed by atoms with Crippen molar-refractivity contribution in [2.75, 3.05) is 23.8 Å². The van der Waals surface area contributed by atoms with Crippen LogP contribution in [0, 0.1) is 11.3 Å². The Balaban J connectivity index is 1.69. The fraction of sp³-hybridized carbons (Fsp3) is 0.407. The van der Waals surface area contributed by atoms with Gasteiger partial charge in [0.25, 0.3) is 0 Å². The van der Waals surface area contributed by atoms with Gasteiger partial charge in [-0.15, -0.1) is 0 Å². The fourth-order valence-electron chi connectivity index (χ4n) is 4.04. The van der Waals surface area contributed by atoms with Crippen molar-refractivity contribution >= 4 is 25.6 Å². The maximum absolute atomic E-state index is 13.4. The van der Waals surface area contributed by atoms with Crippen LogP contribution in [0.5, 0.6) is 0 Å². The van der Waals surface area contributed by atoms with Gasteiger partial charge >= 0.3 is 6.18 Å². The lowest BCUT2D eigenvalue weighted by atomic mass is 9.83. The average molecular weight is 541 g/mol. The number of hydrogen-bond acceptors (Lipinski definition) is 7. The summed E-state index contributed by atoms with van der Waals surface area (Å²) in [4.78, 5) is 12.0. The summed E-state index contributed by atoms with van der Waals surface area (Å²) in [6, 6.07) is 10.3. The van der Waals surface area contributed by atoms with Crippen molar-refractivity contribution in [1.29, 1.82) is 5.26 Å². The number of anilines is 3. The highest BCUT2D eigenvalue weighted by Crippen LogP contribution is 2.44. The molecule has 1 atom stereocenters. The molecule has 4 rings (SSSR count). The van der Waals surface area contributed by atoms with Crippen LogP contribution in [0.4, 0.5) is 30.5 Å². The van der Waals surface area contributed by atoms with E-state index in [1.165, 1.54) is 18.3 Å². The zero-order valence-electron chi connectivity index (χ0n) is 22.3. The van der Waals surface area contributed by atoms with Gasteiger partial charge in [-0.2, -0.15) is 18.4 Å². The van der Waals surface area contributed by atoms with E-state index in [0.29, 0.717) is 30.0 Å². The quantitative estimate of drug-likeness (QED) is 0.329. The highest BCUT2D eigenvalue weighted by atomic mass is 28.4. The molecule has 11 heteroatoms. The molecule has 2 aromatic heterocycles. The Kier molecular flexibility index (Phi) is 7.01. The predicted octanol–water partition coefficient (Wildman–Crippen LogP) is 6.88. The Morgan fingerprint density at radius 2 is 1.89 bits per heavy atom. The van der Waals surface area contributed by atoms with E-state index in [9.17, 15) is 18.4 Å². The lowest BCUT2D eigenvalue weighted by molar-refractivity contribution is -0.140. The van der Waals surface area contributed by atoms with E-state index in [1.54, 1.807) is 12.1 Å². The molecule has 0 amide bonds. The zero-order chi connectivity index (χ0) is 27.9. The van der Waals surface area contributed by atoms with E-state index in [1.807, 2.05) is 6.07 Å². The maximum Gasteiger partial charge on any atom is 0.435 e. The van der Waals surface area contributed by atoms with Gasteiger partial charge in [-0.3, -0.25) is 0 Å². The molecule has 0 saturated carbocycles. The van der Waals surface area contributed by atoms with Crippen molar-refractivity contribution in [3.8, 4) is 17.3 Å². The third kappa shape index (κ3) is 5.37. The van der Waals surface area contributed by atoms with Crippen LogP contribution in [-0.2, 0) is 16.0 Å². The third-order valence-corrected chi connectivity index (χ3v) is 11.9. The highest BCUT2D eigenvalue weighted by Gasteiger charge is 2.42. The molecule has 38 heavy (non-hydrogen) atoms. The van der Waals surface area contributed by atoms with Crippen LogP contribution in [0.15, 0.2) is 42.7 Å². The minimum absolute atomic E-state index is 0.0119. The largest absolute Gasteiger partial charge is 0.435 e. The molecule has 200 valence electrons. The summed E-state index contributed by atoms with van der Waals surface area (Å²) >= 11 is 0. The van der Waals surface area contributed by atoms with Gasteiger partial charge in [-0.25, -0.2) is 15.0 Å². The second-order valence-corrected chi connectivity index (χ2v) is 16.1. The van der Waals surface area contributed by atoms with E-state index in [-0.39, 0.29) is 22.1 Å². The number of aromatic nitrogens is 3. The third-order valence-electron chi connectivity index (χ3n) is 7.40. The number of pyridine rings is 1. The molecule has 1 aliphatic heterocycles. The average Bonchev–Trinajstić information content (AvgIpc) is 3.18. The smallest absolute Gasteiger partial charge is 0.416 e. The Morgan fingerprint density at radius 3 is 2.55 bits per heavy atom. The summed E-state index contributed by atoms with van der Waals surface area (Å²) in [7, 11) is -2.01. The Labute approximate surface area is 221 Å². The number of nitriles is 1. The second-order valence-electron chi connectivity index (χ2n) is 11.3. The van der Waals surface area contributed by atoms with Gasteiger partial charge < -0.3 is 15.1 Å². The first-order valence-corrected chi connectivity index (χ1v) is 15.1. The normalized spacial score (nSPS) is 17.5. The van der Waals surface area contributed by atoms with Crippen molar-refractivity contribution < 1.29 is 17.6 Å². The number of halogens is 3. The van der Waals surface area contributed by atoms with Crippen LogP contribution in [-0.4, -0.2) is 36.4 Å². The molecule has 3 aromatic rings. The van der Waals surface area contributed by atoms with E-state index in [2.05, 4.69) is 72.4 Å². The summed E-state index contributed by atoms with van der Waals surface area (Å²) in [5, 5.41) is 16.0. The molecule has 0 radical (unpaired) electrons. The number of fused-ring (bicyclic) bond motifs is 1. The number of nitrogens with zero attached hydrogens (tertiary/aromatic N) is 4. The van der Waals surface area contributed by atoms with E-state index < -0.39 is 20.2 Å². The van der Waals surface area contributed by atoms with Gasteiger partial charge in [0.15, 0.2) is 14.0 Å². The van der Waals surface area contributed by atoms with E-state index >= 15 is 0 Å². The molecule has 1 aliphatic rings. The van der Waals surface area contributed by atoms with Gasteiger partial charge in [-0.1, -0.05) is 27.7 Å². The molecule has 2 N–H and O–H groups in total. The van der Waals surface area contributed by atoms with Gasteiger partial charge in [0.2, 0.25) is 5.95 Å². The molecule has 0 spiro atoms. The fourth-order valence-corrected chi connectivity index (χ4v) is 5.15. The van der Waals surface area contributed by atoms with Crippen LogP contribution in [0.1, 0.15) is 44.5 Å². The molecule has 3 heterocycles. The number of hydrogen-bond donors (Lipinski definition) is 2. The van der Waals surface area contributed by atoms with Crippen molar-refractivity contribution in [2.45, 2.75) is 57.4 Å². The van der Waals surface area contributed by atoms with Crippen molar-refractivity contribution in [3.05, 3.63) is 59.5 Å². The molecule has 0 bridgehead atoms. The first-order valence-electron chi connectivity index (χ1n) is 12.2. The maximum atomic E-state index is 13.4. The lowest BCUT2D eigenvalue weighted by Crippen LogP contribution is -2.45. The summed E-state index contributed by atoms with van der Waals surface area (Å²) in [5.74, 6) is -0.0119. The second kappa shape index (κ2) is 9.67. The number of rotatable bonds is 6. The Morgan fingerprint density at radius 1 is 1.16 bits per heavy atom. The minimum Gasteiger partial charge on any atom is -0.416 e. The summed E-state index contributed by atoms with van der Waals surface area (Å²) < 4.78 is 46.7. The van der Waals surface area contributed by atoms with Crippen LogP contribution >= 0.6 is 0 Å². The van der Waals surface area contributed by atoms with Crippen molar-refractivity contribution in [3.63, 3.8) is 0 Å².